The van der Waals surface area contributed by atoms with Gasteiger partial charge in [0.1, 0.15) is 12.4 Å². The Balaban J connectivity index is 1.70. The molecule has 0 aliphatic rings. The molecule has 3 aromatic rings. The molecule has 0 saturated carbocycles. The van der Waals surface area contributed by atoms with Gasteiger partial charge in [0, 0.05) is 17.2 Å². The van der Waals surface area contributed by atoms with Crippen molar-refractivity contribution in [3.05, 3.63) is 83.2 Å². The van der Waals surface area contributed by atoms with Crippen LogP contribution in [-0.4, -0.2) is 18.1 Å². The minimum absolute atomic E-state index is 0.112. The number of benzene rings is 2. The SMILES string of the molecule is COC(=O)Cc1ccc(-c2cccc(OCc3ccc(C)cc3F)n2)cc1. The number of nitrogens with zero attached hydrogens (tertiary/aromatic N) is 1. The summed E-state index contributed by atoms with van der Waals surface area (Å²) in [6.45, 7) is 1.95. The highest BCUT2D eigenvalue weighted by Gasteiger charge is 2.07. The fourth-order valence-corrected chi connectivity index (χ4v) is 2.61. The number of carbonyl (C=O) groups is 1. The third kappa shape index (κ3) is 4.91. The Hall–Kier alpha value is -3.21. The number of esters is 1. The minimum Gasteiger partial charge on any atom is -0.473 e. The van der Waals surface area contributed by atoms with Gasteiger partial charge in [0.25, 0.3) is 0 Å². The number of hydrogen-bond acceptors (Lipinski definition) is 4. The number of aryl methyl sites for hydroxylation is 1. The van der Waals surface area contributed by atoms with Crippen molar-refractivity contribution in [2.75, 3.05) is 7.11 Å². The Morgan fingerprint density at radius 2 is 1.85 bits per heavy atom. The fraction of sp³-hybridized carbons (Fsp3) is 0.182. The van der Waals surface area contributed by atoms with E-state index in [4.69, 9.17) is 4.74 Å². The maximum absolute atomic E-state index is 13.9. The maximum atomic E-state index is 13.9. The first-order valence-electron chi connectivity index (χ1n) is 8.56. The lowest BCUT2D eigenvalue weighted by Crippen LogP contribution is -2.04. The second-order valence-electron chi connectivity index (χ2n) is 6.19. The lowest BCUT2D eigenvalue weighted by atomic mass is 10.1. The molecule has 3 rings (SSSR count). The quantitative estimate of drug-likeness (QED) is 0.604. The minimum atomic E-state index is -0.285. The van der Waals surface area contributed by atoms with Gasteiger partial charge in [-0.15, -0.1) is 0 Å². The van der Waals surface area contributed by atoms with Crippen LogP contribution in [0.4, 0.5) is 4.39 Å². The summed E-state index contributed by atoms with van der Waals surface area (Å²) in [7, 11) is 1.37. The molecule has 0 unspecified atom stereocenters. The number of halogens is 1. The zero-order valence-corrected chi connectivity index (χ0v) is 15.2. The molecule has 27 heavy (non-hydrogen) atoms. The van der Waals surface area contributed by atoms with Gasteiger partial charge in [-0.05, 0) is 30.2 Å². The molecular weight excluding hydrogens is 345 g/mol. The molecule has 138 valence electrons. The first-order chi connectivity index (χ1) is 13.0. The summed E-state index contributed by atoms with van der Waals surface area (Å²) in [6.07, 6.45) is 0.232. The van der Waals surface area contributed by atoms with E-state index in [0.29, 0.717) is 11.4 Å². The Bertz CT molecular complexity index is 939. The molecule has 0 fully saturated rings. The molecule has 0 atom stereocenters. The average molecular weight is 365 g/mol. The van der Waals surface area contributed by atoms with Gasteiger partial charge >= 0.3 is 5.97 Å². The molecule has 0 bridgehead atoms. The van der Waals surface area contributed by atoms with E-state index in [2.05, 4.69) is 9.72 Å². The van der Waals surface area contributed by atoms with Gasteiger partial charge in [0.15, 0.2) is 0 Å². The van der Waals surface area contributed by atoms with E-state index in [1.807, 2.05) is 49.4 Å². The fourth-order valence-electron chi connectivity index (χ4n) is 2.61. The molecule has 0 aliphatic carbocycles. The molecule has 4 nitrogen and oxygen atoms in total. The number of hydrogen-bond donors (Lipinski definition) is 0. The molecule has 0 radical (unpaired) electrons. The molecule has 2 aromatic carbocycles. The van der Waals surface area contributed by atoms with Gasteiger partial charge in [0.2, 0.25) is 5.88 Å². The van der Waals surface area contributed by atoms with Crippen molar-refractivity contribution >= 4 is 5.97 Å². The van der Waals surface area contributed by atoms with Crippen LogP contribution in [0.25, 0.3) is 11.3 Å². The Labute approximate surface area is 157 Å². The maximum Gasteiger partial charge on any atom is 0.309 e. The highest BCUT2D eigenvalue weighted by Crippen LogP contribution is 2.21. The predicted molar refractivity (Wildman–Crippen MR) is 101 cm³/mol. The van der Waals surface area contributed by atoms with Gasteiger partial charge in [-0.3, -0.25) is 4.79 Å². The van der Waals surface area contributed by atoms with E-state index in [9.17, 15) is 9.18 Å². The van der Waals surface area contributed by atoms with E-state index in [-0.39, 0.29) is 24.8 Å². The van der Waals surface area contributed by atoms with Gasteiger partial charge in [0.05, 0.1) is 19.2 Å². The average Bonchev–Trinajstić information content (AvgIpc) is 2.68. The smallest absolute Gasteiger partial charge is 0.309 e. The number of ether oxygens (including phenoxy) is 2. The first-order valence-corrected chi connectivity index (χ1v) is 8.56. The number of rotatable bonds is 6. The van der Waals surface area contributed by atoms with Crippen LogP contribution in [0.3, 0.4) is 0 Å². The van der Waals surface area contributed by atoms with Gasteiger partial charge in [-0.25, -0.2) is 9.37 Å². The van der Waals surface area contributed by atoms with Gasteiger partial charge < -0.3 is 9.47 Å². The Kier molecular flexibility index (Phi) is 5.81. The van der Waals surface area contributed by atoms with Crippen LogP contribution in [0, 0.1) is 12.7 Å². The number of methoxy groups -OCH3 is 1. The van der Waals surface area contributed by atoms with E-state index in [0.717, 1.165) is 22.4 Å². The third-order valence-electron chi connectivity index (χ3n) is 4.13. The number of aromatic nitrogens is 1. The van der Waals surface area contributed by atoms with Crippen LogP contribution in [0.1, 0.15) is 16.7 Å². The van der Waals surface area contributed by atoms with Gasteiger partial charge in [-0.1, -0.05) is 42.5 Å². The van der Waals surface area contributed by atoms with Crippen LogP contribution in [0.15, 0.2) is 60.7 Å². The van der Waals surface area contributed by atoms with Crippen LogP contribution in [0.2, 0.25) is 0 Å². The Morgan fingerprint density at radius 3 is 2.56 bits per heavy atom. The summed E-state index contributed by atoms with van der Waals surface area (Å²) in [5, 5.41) is 0. The van der Waals surface area contributed by atoms with E-state index >= 15 is 0 Å². The molecule has 1 heterocycles. The molecule has 5 heteroatoms. The summed E-state index contributed by atoms with van der Waals surface area (Å²) in [5.41, 5.74) is 3.86. The molecule has 0 aliphatic heterocycles. The molecular formula is C22H20FNO3. The number of pyridine rings is 1. The van der Waals surface area contributed by atoms with Crippen LogP contribution < -0.4 is 4.74 Å². The van der Waals surface area contributed by atoms with Crippen molar-refractivity contribution in [2.45, 2.75) is 20.0 Å². The lowest BCUT2D eigenvalue weighted by Gasteiger charge is -2.09. The summed E-state index contributed by atoms with van der Waals surface area (Å²) in [6, 6.07) is 18.0. The third-order valence-corrected chi connectivity index (χ3v) is 4.13. The summed E-state index contributed by atoms with van der Waals surface area (Å²) in [4.78, 5) is 15.8. The van der Waals surface area contributed by atoms with E-state index in [1.54, 1.807) is 12.1 Å². The van der Waals surface area contributed by atoms with Crippen LogP contribution >= 0.6 is 0 Å². The molecule has 0 spiro atoms. The second-order valence-corrected chi connectivity index (χ2v) is 6.19. The molecule has 0 N–H and O–H groups in total. The standard InChI is InChI=1S/C22H20FNO3/c1-15-6-9-18(19(23)12-15)14-27-21-5-3-4-20(24-21)17-10-7-16(8-11-17)13-22(25)26-2/h3-12H,13-14H2,1-2H3. The number of carbonyl (C=O) groups excluding carboxylic acids is 1. The normalized spacial score (nSPS) is 10.5. The van der Waals surface area contributed by atoms with Crippen molar-refractivity contribution < 1.29 is 18.7 Å². The lowest BCUT2D eigenvalue weighted by molar-refractivity contribution is -0.139. The van der Waals surface area contributed by atoms with Crippen molar-refractivity contribution in [1.82, 2.24) is 4.98 Å². The van der Waals surface area contributed by atoms with Gasteiger partial charge in [-0.2, -0.15) is 0 Å². The largest absolute Gasteiger partial charge is 0.473 e. The summed E-state index contributed by atoms with van der Waals surface area (Å²) < 4.78 is 24.2. The van der Waals surface area contributed by atoms with Crippen LogP contribution in [0.5, 0.6) is 5.88 Å². The zero-order chi connectivity index (χ0) is 19.2. The Morgan fingerprint density at radius 1 is 1.07 bits per heavy atom. The van der Waals surface area contributed by atoms with Crippen molar-refractivity contribution in [2.24, 2.45) is 0 Å². The second kappa shape index (κ2) is 8.45. The summed E-state index contributed by atoms with van der Waals surface area (Å²) in [5.74, 6) is -0.141. The highest BCUT2D eigenvalue weighted by atomic mass is 19.1. The zero-order valence-electron chi connectivity index (χ0n) is 15.2. The summed E-state index contributed by atoms with van der Waals surface area (Å²) >= 11 is 0. The van der Waals surface area contributed by atoms with Crippen molar-refractivity contribution in [3.8, 4) is 17.1 Å². The molecule has 1 aromatic heterocycles. The van der Waals surface area contributed by atoms with E-state index in [1.165, 1.54) is 13.2 Å². The van der Waals surface area contributed by atoms with Crippen molar-refractivity contribution in [1.29, 1.82) is 0 Å². The molecule has 0 saturated heterocycles. The van der Waals surface area contributed by atoms with Crippen LogP contribution in [-0.2, 0) is 22.6 Å². The predicted octanol–water partition coefficient (Wildman–Crippen LogP) is 4.49. The van der Waals surface area contributed by atoms with E-state index < -0.39 is 0 Å². The monoisotopic (exact) mass is 365 g/mol. The first kappa shape index (κ1) is 18.6. The highest BCUT2D eigenvalue weighted by molar-refractivity contribution is 5.72. The van der Waals surface area contributed by atoms with Crippen molar-refractivity contribution in [3.63, 3.8) is 0 Å². The molecule has 0 amide bonds. The topological polar surface area (TPSA) is 48.4 Å².